The average Bonchev–Trinajstić information content (AvgIpc) is 3.23. The Bertz CT molecular complexity index is 2530. The third-order valence-corrected chi connectivity index (χ3v) is 12.4. The third-order valence-electron chi connectivity index (χ3n) is 9.74. The zero-order chi connectivity index (χ0) is 53.3. The highest BCUT2D eigenvalue weighted by atomic mass is 127. The van der Waals surface area contributed by atoms with Gasteiger partial charge in [0.05, 0.1) is 0 Å². The van der Waals surface area contributed by atoms with Crippen LogP contribution in [0.5, 0.6) is 0 Å². The van der Waals surface area contributed by atoms with Crippen LogP contribution in [0, 0.1) is 100 Å². The van der Waals surface area contributed by atoms with Crippen molar-refractivity contribution >= 4 is 28.0 Å². The Kier molecular flexibility index (Phi) is 15.0. The summed E-state index contributed by atoms with van der Waals surface area (Å²) in [4.78, 5) is 0. The van der Waals surface area contributed by atoms with Gasteiger partial charge in [-0.05, 0) is 24.3 Å². The molecule has 0 saturated heterocycles. The quantitative estimate of drug-likeness (QED) is 0.0677. The van der Waals surface area contributed by atoms with Gasteiger partial charge in [-0.2, -0.15) is 52.7 Å². The summed E-state index contributed by atoms with van der Waals surface area (Å²) in [6.07, 6.45) is -35.7. The molecule has 0 atom stereocenters. The molecular formula is C40H10BF28I. The summed E-state index contributed by atoms with van der Waals surface area (Å²) in [6.45, 7) is 0. The van der Waals surface area contributed by atoms with Crippen molar-refractivity contribution in [3.63, 3.8) is 0 Å². The Morgan fingerprint density at radius 3 is 0.543 bits per heavy atom. The van der Waals surface area contributed by atoms with Crippen molar-refractivity contribution in [1.82, 2.24) is 0 Å². The van der Waals surface area contributed by atoms with E-state index in [9.17, 15) is 52.7 Å². The molecule has 0 saturated carbocycles. The van der Waals surface area contributed by atoms with E-state index in [0.29, 0.717) is 0 Å². The summed E-state index contributed by atoms with van der Waals surface area (Å²) in [7, 11) is 0. The zero-order valence-corrected chi connectivity index (χ0v) is 34.5. The lowest BCUT2D eigenvalue weighted by Gasteiger charge is -2.45. The zero-order valence-electron chi connectivity index (χ0n) is 32.3. The topological polar surface area (TPSA) is 0 Å². The standard InChI is InChI=1S/C28BF28.C12H10I/c30-9-1(25(46,47)48)10(31)18(39)5(17(9)38)29(6-19(40)11(32)2(26(49,50)51)12(33)20(6)41,7-21(42)13(34)3(27(52,53)54)14(35)22(7)43)8-23(44)15(36)4(28(55,56)57)16(37)24(8)45;1-3-7-11(8-4-1)13-12-9-5-2-6-10-12/h;1-10H/q-1;+1. The van der Waals surface area contributed by atoms with E-state index in [1.165, 1.54) is 7.14 Å². The molecule has 0 aromatic heterocycles. The molecule has 0 aliphatic rings. The second-order valence-corrected chi connectivity index (χ2v) is 16.8. The van der Waals surface area contributed by atoms with Gasteiger partial charge in [-0.3, -0.25) is 0 Å². The van der Waals surface area contributed by atoms with Crippen LogP contribution < -0.4 is 43.1 Å². The van der Waals surface area contributed by atoms with E-state index < -0.39 is 168 Å². The Labute approximate surface area is 379 Å². The first-order valence-corrected chi connectivity index (χ1v) is 19.8. The first-order valence-electron chi connectivity index (χ1n) is 17.6. The van der Waals surface area contributed by atoms with Crippen LogP contribution in [0.2, 0.25) is 0 Å². The van der Waals surface area contributed by atoms with E-state index in [2.05, 4.69) is 60.7 Å². The number of rotatable bonds is 6. The number of benzene rings is 6. The summed E-state index contributed by atoms with van der Waals surface area (Å²) < 4.78 is 412. The fraction of sp³-hybridized carbons (Fsp3) is 0.100. The van der Waals surface area contributed by atoms with Gasteiger partial charge in [0.25, 0.3) is 0 Å². The highest BCUT2D eigenvalue weighted by Gasteiger charge is 2.56. The average molecular weight is 1160 g/mol. The number of halogens is 29. The molecular weight excluding hydrogens is 1150 g/mol. The maximum Gasteiger partial charge on any atom is 0.422 e. The highest BCUT2D eigenvalue weighted by Crippen LogP contribution is 2.42. The maximum absolute atomic E-state index is 15.9. The van der Waals surface area contributed by atoms with Crippen LogP contribution in [0.1, 0.15) is 22.3 Å². The SMILES string of the molecule is Fc1c(F)c(C(F)(F)F)c(F)c(F)c1[B-](c1c(F)c(F)c(C(F)(F)F)c(F)c1F)(c1c(F)c(F)c(C(F)(F)F)c(F)c1F)c1c(F)c(F)c(C(F)(F)F)c(F)c1F.c1ccc([I+]c2ccccc2)cc1. The lowest BCUT2D eigenvalue weighted by molar-refractivity contribution is -0.597. The molecule has 0 nitrogen and oxygen atoms in total. The van der Waals surface area contributed by atoms with Gasteiger partial charge < -0.3 is 0 Å². The van der Waals surface area contributed by atoms with Gasteiger partial charge in [0, 0.05) is 0 Å². The summed E-state index contributed by atoms with van der Waals surface area (Å²) in [5, 5.41) is 0. The fourth-order valence-corrected chi connectivity index (χ4v) is 9.33. The van der Waals surface area contributed by atoms with E-state index >= 15 is 70.2 Å². The Hall–Kier alpha value is -5.85. The van der Waals surface area contributed by atoms with Crippen molar-refractivity contribution in [2.75, 3.05) is 0 Å². The molecule has 6 aromatic carbocycles. The van der Waals surface area contributed by atoms with E-state index in [1.807, 2.05) is 0 Å². The van der Waals surface area contributed by atoms with E-state index in [-0.39, 0.29) is 21.2 Å². The second-order valence-electron chi connectivity index (χ2n) is 13.7. The molecule has 0 unspecified atom stereocenters. The summed E-state index contributed by atoms with van der Waals surface area (Å²) in [5.41, 5.74) is -33.4. The van der Waals surface area contributed by atoms with E-state index in [0.717, 1.165) is 0 Å². The fourth-order valence-electron chi connectivity index (χ4n) is 7.06. The minimum atomic E-state index is -8.18. The van der Waals surface area contributed by atoms with Gasteiger partial charge in [0.2, 0.25) is 0 Å². The Morgan fingerprint density at radius 2 is 0.400 bits per heavy atom. The summed E-state index contributed by atoms with van der Waals surface area (Å²) in [5.74, 6) is -69.9. The molecule has 6 rings (SSSR count). The van der Waals surface area contributed by atoms with E-state index in [1.54, 1.807) is 0 Å². The predicted octanol–water partition coefficient (Wildman–Crippen LogP) is 9.18. The summed E-state index contributed by atoms with van der Waals surface area (Å²) in [6, 6.07) is 21.4. The molecule has 0 amide bonds. The molecule has 70 heavy (non-hydrogen) atoms. The molecule has 0 aliphatic carbocycles. The molecule has 0 radical (unpaired) electrons. The molecule has 0 aliphatic heterocycles. The van der Waals surface area contributed by atoms with Crippen molar-refractivity contribution in [1.29, 1.82) is 0 Å². The molecule has 0 heterocycles. The van der Waals surface area contributed by atoms with E-state index in [4.69, 9.17) is 0 Å². The smallest absolute Gasteiger partial charge is 0.207 e. The normalized spacial score (nSPS) is 12.6. The first-order chi connectivity index (χ1) is 32.0. The van der Waals surface area contributed by atoms with Crippen LogP contribution in [0.25, 0.3) is 0 Å². The third kappa shape index (κ3) is 9.29. The van der Waals surface area contributed by atoms with Crippen LogP contribution in [0.4, 0.5) is 123 Å². The molecule has 0 spiro atoms. The minimum absolute atomic E-state index is 0.0287. The molecule has 0 N–H and O–H groups in total. The van der Waals surface area contributed by atoms with Crippen LogP contribution in [0.15, 0.2) is 60.7 Å². The van der Waals surface area contributed by atoms with Crippen molar-refractivity contribution in [2.45, 2.75) is 24.7 Å². The van der Waals surface area contributed by atoms with Crippen LogP contribution >= 0.6 is 0 Å². The van der Waals surface area contributed by atoms with Gasteiger partial charge in [-0.25, -0.2) is 70.2 Å². The van der Waals surface area contributed by atoms with Gasteiger partial charge in [0.15, 0.2) is 53.7 Å². The Morgan fingerprint density at radius 1 is 0.243 bits per heavy atom. The second kappa shape index (κ2) is 19.1. The molecule has 30 heteroatoms. The van der Waals surface area contributed by atoms with Crippen LogP contribution in [-0.2, 0) is 24.7 Å². The van der Waals surface area contributed by atoms with Gasteiger partial charge in [-0.15, -0.1) is 21.9 Å². The molecule has 0 bridgehead atoms. The van der Waals surface area contributed by atoms with Crippen LogP contribution in [-0.4, -0.2) is 6.15 Å². The Balaban J connectivity index is 0.000000600. The number of hydrogen-bond donors (Lipinski definition) is 0. The van der Waals surface area contributed by atoms with Gasteiger partial charge in [-0.1, -0.05) is 36.4 Å². The van der Waals surface area contributed by atoms with Crippen molar-refractivity contribution < 1.29 is 144 Å². The predicted molar refractivity (Wildman–Crippen MR) is 180 cm³/mol. The van der Waals surface area contributed by atoms with Crippen molar-refractivity contribution in [3.8, 4) is 0 Å². The van der Waals surface area contributed by atoms with Gasteiger partial charge in [0.1, 0.15) is 74.9 Å². The maximum atomic E-state index is 15.9. The molecule has 0 fully saturated rings. The first kappa shape index (κ1) is 55.1. The van der Waals surface area contributed by atoms with Crippen molar-refractivity contribution in [3.05, 3.63) is 183 Å². The number of hydrogen-bond acceptors (Lipinski definition) is 0. The lowest BCUT2D eigenvalue weighted by Crippen LogP contribution is -3.61. The lowest BCUT2D eigenvalue weighted by atomic mass is 9.12. The van der Waals surface area contributed by atoms with Gasteiger partial charge >= 0.3 is 45.9 Å². The van der Waals surface area contributed by atoms with Crippen molar-refractivity contribution in [2.24, 2.45) is 0 Å². The molecule has 376 valence electrons. The number of alkyl halides is 12. The van der Waals surface area contributed by atoms with Crippen LogP contribution in [0.3, 0.4) is 0 Å². The summed E-state index contributed by atoms with van der Waals surface area (Å²) >= 11 is 0.0287. The monoisotopic (exact) mass is 1160 g/mol. The molecule has 6 aromatic rings. The minimum Gasteiger partial charge on any atom is -0.207 e. The largest absolute Gasteiger partial charge is 0.422 e. The highest BCUT2D eigenvalue weighted by molar-refractivity contribution is 7.20.